The molecule has 0 aliphatic heterocycles. The van der Waals surface area contributed by atoms with Crippen LogP contribution < -0.4 is 10.1 Å². The zero-order chi connectivity index (χ0) is 19.4. The summed E-state index contributed by atoms with van der Waals surface area (Å²) >= 11 is 1.30. The average molecular weight is 392 g/mol. The van der Waals surface area contributed by atoms with Gasteiger partial charge in [0.05, 0.1) is 10.4 Å². The van der Waals surface area contributed by atoms with Crippen molar-refractivity contribution in [2.24, 2.45) is 0 Å². The van der Waals surface area contributed by atoms with Crippen LogP contribution in [0.2, 0.25) is 0 Å². The van der Waals surface area contributed by atoms with Crippen LogP contribution in [0, 0.1) is 0 Å². The van der Waals surface area contributed by atoms with Crippen LogP contribution >= 0.6 is 11.3 Å². The first kappa shape index (κ1) is 18.6. The van der Waals surface area contributed by atoms with Gasteiger partial charge in [0.15, 0.2) is 0 Å². The number of pyridine rings is 1. The van der Waals surface area contributed by atoms with Gasteiger partial charge >= 0.3 is 12.1 Å². The van der Waals surface area contributed by atoms with Gasteiger partial charge in [0.1, 0.15) is 11.4 Å². The summed E-state index contributed by atoms with van der Waals surface area (Å²) in [7, 11) is 0. The fourth-order valence-electron chi connectivity index (χ4n) is 2.06. The molecule has 2 aromatic heterocycles. The third-order valence-corrected chi connectivity index (χ3v) is 4.23. The second-order valence-corrected chi connectivity index (χ2v) is 6.22. The van der Waals surface area contributed by atoms with Crippen molar-refractivity contribution in [1.82, 2.24) is 4.98 Å². The van der Waals surface area contributed by atoms with Crippen molar-refractivity contribution in [2.75, 3.05) is 5.32 Å². The van der Waals surface area contributed by atoms with Crippen LogP contribution in [0.3, 0.4) is 0 Å². The molecule has 0 aliphatic carbocycles. The number of hydrogen-bond acceptors (Lipinski definition) is 5. The molecule has 138 valence electrons. The summed E-state index contributed by atoms with van der Waals surface area (Å²) in [6, 6.07) is 11.1. The summed E-state index contributed by atoms with van der Waals surface area (Å²) < 4.78 is 42.5. The normalized spacial score (nSPS) is 11.1. The zero-order valence-electron chi connectivity index (χ0n) is 13.5. The molecule has 27 heavy (non-hydrogen) atoms. The molecule has 0 fully saturated rings. The fraction of sp³-hybridized carbons (Fsp3) is 0.0556. The van der Waals surface area contributed by atoms with Crippen molar-refractivity contribution in [1.29, 1.82) is 0 Å². The number of esters is 1. The molecular weight excluding hydrogens is 381 g/mol. The van der Waals surface area contributed by atoms with Crippen molar-refractivity contribution >= 4 is 28.9 Å². The Labute approximate surface area is 155 Å². The van der Waals surface area contributed by atoms with E-state index in [1.54, 1.807) is 29.6 Å². The largest absolute Gasteiger partial charge is 0.433 e. The minimum Gasteiger partial charge on any atom is -0.423 e. The molecule has 5 nitrogen and oxygen atoms in total. The Morgan fingerprint density at radius 3 is 2.33 bits per heavy atom. The molecule has 1 N–H and O–H groups in total. The van der Waals surface area contributed by atoms with Crippen molar-refractivity contribution in [3.8, 4) is 5.75 Å². The van der Waals surface area contributed by atoms with Gasteiger partial charge in [-0.1, -0.05) is 6.07 Å². The summed E-state index contributed by atoms with van der Waals surface area (Å²) in [6.45, 7) is 0. The van der Waals surface area contributed by atoms with Gasteiger partial charge in [0.2, 0.25) is 0 Å². The molecule has 9 heteroatoms. The number of benzene rings is 1. The van der Waals surface area contributed by atoms with Crippen LogP contribution in [0.25, 0.3) is 0 Å². The maximum atomic E-state index is 12.5. The number of nitrogens with zero attached hydrogens (tertiary/aromatic N) is 1. The molecule has 0 bridgehead atoms. The molecule has 0 radical (unpaired) electrons. The van der Waals surface area contributed by atoms with Crippen molar-refractivity contribution in [3.63, 3.8) is 0 Å². The number of amides is 1. The second kappa shape index (κ2) is 7.58. The molecule has 0 saturated heterocycles. The zero-order valence-corrected chi connectivity index (χ0v) is 14.3. The van der Waals surface area contributed by atoms with E-state index in [-0.39, 0.29) is 17.2 Å². The number of nitrogens with one attached hydrogen (secondary N) is 1. The Kier molecular flexibility index (Phi) is 5.22. The van der Waals surface area contributed by atoms with E-state index in [4.69, 9.17) is 4.74 Å². The molecular formula is C18H11F3N2O3S. The number of anilines is 1. The monoisotopic (exact) mass is 392 g/mol. The quantitative estimate of drug-likeness (QED) is 0.519. The highest BCUT2D eigenvalue weighted by Gasteiger charge is 2.32. The van der Waals surface area contributed by atoms with E-state index in [0.717, 1.165) is 12.3 Å². The second-order valence-electron chi connectivity index (χ2n) is 5.28. The first-order chi connectivity index (χ1) is 12.8. The van der Waals surface area contributed by atoms with Gasteiger partial charge in [-0.3, -0.25) is 9.78 Å². The molecule has 2 heterocycles. The maximum Gasteiger partial charge on any atom is 0.433 e. The molecule has 1 amide bonds. The third-order valence-electron chi connectivity index (χ3n) is 3.36. The van der Waals surface area contributed by atoms with Crippen LogP contribution in [0.15, 0.2) is 60.1 Å². The third kappa shape index (κ3) is 4.70. The molecule has 3 aromatic rings. The first-order valence-electron chi connectivity index (χ1n) is 7.53. The Balaban J connectivity index is 1.62. The Morgan fingerprint density at radius 1 is 1.04 bits per heavy atom. The highest BCUT2D eigenvalue weighted by Crippen LogP contribution is 2.27. The minimum atomic E-state index is -4.58. The van der Waals surface area contributed by atoms with Crippen LogP contribution in [0.4, 0.5) is 18.9 Å². The van der Waals surface area contributed by atoms with E-state index in [1.807, 2.05) is 0 Å². The molecule has 1 aromatic carbocycles. The number of aromatic nitrogens is 1. The molecule has 0 unspecified atom stereocenters. The minimum absolute atomic E-state index is 0.113. The standard InChI is InChI=1S/C18H11F3N2O3S/c19-18(20,21)15-8-3-11(10-22-15)17(25)26-13-6-4-12(5-7-13)23-16(24)14-2-1-9-27-14/h1-10H,(H,23,24). The fourth-order valence-corrected chi connectivity index (χ4v) is 2.67. The summed E-state index contributed by atoms with van der Waals surface area (Å²) in [5.41, 5.74) is -0.702. The number of rotatable bonds is 4. The number of hydrogen-bond donors (Lipinski definition) is 1. The number of thiophene rings is 1. The van der Waals surface area contributed by atoms with E-state index >= 15 is 0 Å². The molecule has 0 atom stereocenters. The maximum absolute atomic E-state index is 12.5. The lowest BCUT2D eigenvalue weighted by Crippen LogP contribution is -2.12. The molecule has 0 saturated carbocycles. The predicted octanol–water partition coefficient (Wildman–Crippen LogP) is 4.63. The Morgan fingerprint density at radius 2 is 1.78 bits per heavy atom. The van der Waals surface area contributed by atoms with Crippen LogP contribution in [0.1, 0.15) is 25.7 Å². The predicted molar refractivity (Wildman–Crippen MR) is 92.9 cm³/mol. The highest BCUT2D eigenvalue weighted by atomic mass is 32.1. The van der Waals surface area contributed by atoms with Crippen molar-refractivity contribution < 1.29 is 27.5 Å². The van der Waals surface area contributed by atoms with Gasteiger partial charge in [-0.25, -0.2) is 4.79 Å². The molecule has 0 aliphatic rings. The Bertz CT molecular complexity index is 937. The van der Waals surface area contributed by atoms with Gasteiger partial charge in [-0.15, -0.1) is 11.3 Å². The number of carbonyl (C=O) groups is 2. The average Bonchev–Trinajstić information content (AvgIpc) is 3.17. The van der Waals surface area contributed by atoms with Crippen molar-refractivity contribution in [3.05, 3.63) is 76.2 Å². The van der Waals surface area contributed by atoms with Crippen molar-refractivity contribution in [2.45, 2.75) is 6.18 Å². The lowest BCUT2D eigenvalue weighted by Gasteiger charge is -2.08. The number of halogens is 3. The SMILES string of the molecule is O=C(Oc1ccc(NC(=O)c2cccs2)cc1)c1ccc(C(F)(F)F)nc1. The number of alkyl halides is 3. The Hall–Kier alpha value is -3.20. The molecule has 0 spiro atoms. The molecule has 3 rings (SSSR count). The van der Waals surface area contributed by atoms with Crippen LogP contribution in [0.5, 0.6) is 5.75 Å². The summed E-state index contributed by atoms with van der Waals surface area (Å²) in [5, 5.41) is 4.48. The summed E-state index contributed by atoms with van der Waals surface area (Å²) in [4.78, 5) is 27.7. The van der Waals surface area contributed by atoms with Gasteiger partial charge in [-0.05, 0) is 47.8 Å². The van der Waals surface area contributed by atoms with Gasteiger partial charge in [-0.2, -0.15) is 13.2 Å². The topological polar surface area (TPSA) is 68.3 Å². The van der Waals surface area contributed by atoms with Crippen LogP contribution in [-0.2, 0) is 6.18 Å². The van der Waals surface area contributed by atoms with Gasteiger partial charge in [0, 0.05) is 11.9 Å². The van der Waals surface area contributed by atoms with E-state index < -0.39 is 17.8 Å². The number of ether oxygens (including phenoxy) is 1. The van der Waals surface area contributed by atoms with E-state index in [1.165, 1.54) is 23.5 Å². The van der Waals surface area contributed by atoms with E-state index in [2.05, 4.69) is 10.3 Å². The lowest BCUT2D eigenvalue weighted by molar-refractivity contribution is -0.141. The van der Waals surface area contributed by atoms with Gasteiger partial charge in [0.25, 0.3) is 5.91 Å². The first-order valence-corrected chi connectivity index (χ1v) is 8.41. The van der Waals surface area contributed by atoms with E-state index in [9.17, 15) is 22.8 Å². The van der Waals surface area contributed by atoms with Crippen LogP contribution in [-0.4, -0.2) is 16.9 Å². The number of carbonyl (C=O) groups excluding carboxylic acids is 2. The summed E-state index contributed by atoms with van der Waals surface area (Å²) in [5.74, 6) is -0.925. The smallest absolute Gasteiger partial charge is 0.423 e. The van der Waals surface area contributed by atoms with Gasteiger partial charge < -0.3 is 10.1 Å². The lowest BCUT2D eigenvalue weighted by atomic mass is 10.2. The summed E-state index contributed by atoms with van der Waals surface area (Å²) in [6.07, 6.45) is -3.77. The van der Waals surface area contributed by atoms with E-state index in [0.29, 0.717) is 16.6 Å². The highest BCUT2D eigenvalue weighted by molar-refractivity contribution is 7.12.